The van der Waals surface area contributed by atoms with Crippen molar-refractivity contribution in [2.45, 2.75) is 19.5 Å². The predicted molar refractivity (Wildman–Crippen MR) is 92.2 cm³/mol. The molecule has 138 valence electrons. The third-order valence-electron chi connectivity index (χ3n) is 4.18. The topological polar surface area (TPSA) is 50.8 Å². The van der Waals surface area contributed by atoms with Crippen LogP contribution in [0.1, 0.15) is 24.1 Å². The summed E-state index contributed by atoms with van der Waals surface area (Å²) in [4.78, 5) is 13.7. The van der Waals surface area contributed by atoms with Crippen molar-refractivity contribution in [2.24, 2.45) is 0 Å². The maximum absolute atomic E-state index is 13.7. The Hall–Kier alpha value is -2.83. The number of hydrogen-bond donors (Lipinski definition) is 1. The molecule has 2 aromatic rings. The third kappa shape index (κ3) is 4.04. The van der Waals surface area contributed by atoms with Gasteiger partial charge in [0.05, 0.1) is 6.04 Å². The second-order valence-electron chi connectivity index (χ2n) is 6.17. The molecule has 7 heteroatoms. The normalized spacial score (nSPS) is 13.8. The Morgan fingerprint density at radius 3 is 2.62 bits per heavy atom. The number of nitrogens with zero attached hydrogens (tertiary/aromatic N) is 1. The van der Waals surface area contributed by atoms with E-state index < -0.39 is 11.6 Å². The van der Waals surface area contributed by atoms with Gasteiger partial charge in [0, 0.05) is 25.2 Å². The van der Waals surface area contributed by atoms with Crippen molar-refractivity contribution in [3.8, 4) is 11.5 Å². The molecular formula is C19H20F2N2O3. The van der Waals surface area contributed by atoms with Gasteiger partial charge in [0.2, 0.25) is 0 Å². The number of benzene rings is 2. The van der Waals surface area contributed by atoms with Crippen molar-refractivity contribution in [3.05, 3.63) is 59.2 Å². The number of nitrogens with one attached hydrogen (secondary N) is 1. The van der Waals surface area contributed by atoms with Crippen LogP contribution < -0.4 is 14.8 Å². The highest BCUT2D eigenvalue weighted by atomic mass is 19.1. The molecule has 2 amide bonds. The quantitative estimate of drug-likeness (QED) is 0.904. The molecule has 0 saturated carbocycles. The van der Waals surface area contributed by atoms with Crippen molar-refractivity contribution < 1.29 is 23.0 Å². The summed E-state index contributed by atoms with van der Waals surface area (Å²) in [5.41, 5.74) is 1.11. The molecule has 5 nitrogen and oxygen atoms in total. The van der Waals surface area contributed by atoms with Crippen LogP contribution in [0.25, 0.3) is 0 Å². The summed E-state index contributed by atoms with van der Waals surface area (Å²) in [6, 6.07) is 8.16. The standard InChI is InChI=1S/C19H20F2N2O3/c1-12(13-4-6-17-18(9-13)26-8-7-25-17)22-19(24)23(2)11-14-3-5-15(20)10-16(14)21/h3-6,9-10,12H,7-8,11H2,1-2H3,(H,22,24). The van der Waals surface area contributed by atoms with Gasteiger partial charge >= 0.3 is 6.03 Å². The highest BCUT2D eigenvalue weighted by molar-refractivity contribution is 5.74. The maximum Gasteiger partial charge on any atom is 0.317 e. The lowest BCUT2D eigenvalue weighted by Crippen LogP contribution is -2.38. The molecule has 0 aromatic heterocycles. The molecule has 1 atom stereocenters. The number of rotatable bonds is 4. The fourth-order valence-corrected chi connectivity index (χ4v) is 2.69. The summed E-state index contributed by atoms with van der Waals surface area (Å²) >= 11 is 0. The van der Waals surface area contributed by atoms with Crippen LogP contribution in [0.2, 0.25) is 0 Å². The van der Waals surface area contributed by atoms with Gasteiger partial charge in [-0.15, -0.1) is 0 Å². The van der Waals surface area contributed by atoms with Crippen LogP contribution in [0.3, 0.4) is 0 Å². The number of hydrogen-bond acceptors (Lipinski definition) is 3. The van der Waals surface area contributed by atoms with Crippen LogP contribution in [-0.2, 0) is 6.54 Å². The fraction of sp³-hybridized carbons (Fsp3) is 0.316. The smallest absolute Gasteiger partial charge is 0.317 e. The lowest BCUT2D eigenvalue weighted by atomic mass is 10.1. The second-order valence-corrected chi connectivity index (χ2v) is 6.17. The van der Waals surface area contributed by atoms with Crippen molar-refractivity contribution in [2.75, 3.05) is 20.3 Å². The molecule has 0 saturated heterocycles. The van der Waals surface area contributed by atoms with E-state index in [1.807, 2.05) is 25.1 Å². The summed E-state index contributed by atoms with van der Waals surface area (Å²) in [6.45, 7) is 2.88. The number of urea groups is 1. The zero-order valence-corrected chi connectivity index (χ0v) is 14.6. The average Bonchev–Trinajstić information content (AvgIpc) is 2.63. The fourth-order valence-electron chi connectivity index (χ4n) is 2.69. The number of amides is 2. The molecule has 3 rings (SSSR count). The molecule has 2 aromatic carbocycles. The largest absolute Gasteiger partial charge is 0.486 e. The van der Waals surface area contributed by atoms with Crippen LogP contribution in [0.4, 0.5) is 13.6 Å². The first-order chi connectivity index (χ1) is 12.4. The summed E-state index contributed by atoms with van der Waals surface area (Å²) < 4.78 is 37.7. The molecule has 1 unspecified atom stereocenters. The van der Waals surface area contributed by atoms with E-state index in [1.165, 1.54) is 17.0 Å². The lowest BCUT2D eigenvalue weighted by molar-refractivity contribution is 0.171. The minimum absolute atomic E-state index is 0.0335. The highest BCUT2D eigenvalue weighted by Crippen LogP contribution is 2.32. The molecule has 1 aliphatic heterocycles. The minimum atomic E-state index is -0.676. The van der Waals surface area contributed by atoms with Crippen LogP contribution in [0.5, 0.6) is 11.5 Å². The number of carbonyl (C=O) groups excluding carboxylic acids is 1. The molecule has 26 heavy (non-hydrogen) atoms. The van der Waals surface area contributed by atoms with Gasteiger partial charge in [-0.3, -0.25) is 0 Å². The molecule has 1 N–H and O–H groups in total. The van der Waals surface area contributed by atoms with E-state index in [-0.39, 0.29) is 24.2 Å². The van der Waals surface area contributed by atoms with Crippen LogP contribution in [0.15, 0.2) is 36.4 Å². The molecule has 0 radical (unpaired) electrons. The van der Waals surface area contributed by atoms with E-state index in [2.05, 4.69) is 5.32 Å². The zero-order valence-electron chi connectivity index (χ0n) is 14.6. The van der Waals surface area contributed by atoms with E-state index in [9.17, 15) is 13.6 Å². The van der Waals surface area contributed by atoms with Crippen molar-refractivity contribution in [1.82, 2.24) is 10.2 Å². The Morgan fingerprint density at radius 2 is 1.88 bits per heavy atom. The molecule has 0 aliphatic carbocycles. The van der Waals surface area contributed by atoms with Gasteiger partial charge in [-0.25, -0.2) is 13.6 Å². The van der Waals surface area contributed by atoms with E-state index in [0.717, 1.165) is 11.6 Å². The lowest BCUT2D eigenvalue weighted by Gasteiger charge is -2.23. The first-order valence-corrected chi connectivity index (χ1v) is 8.29. The molecular weight excluding hydrogens is 342 g/mol. The second kappa shape index (κ2) is 7.59. The van der Waals surface area contributed by atoms with Crippen molar-refractivity contribution >= 4 is 6.03 Å². The van der Waals surface area contributed by atoms with Crippen LogP contribution >= 0.6 is 0 Å². The first-order valence-electron chi connectivity index (χ1n) is 8.29. The number of ether oxygens (including phenoxy) is 2. The van der Waals surface area contributed by atoms with Gasteiger partial charge in [-0.05, 0) is 30.7 Å². The maximum atomic E-state index is 13.7. The molecule has 1 heterocycles. The summed E-state index contributed by atoms with van der Waals surface area (Å²) in [7, 11) is 1.55. The average molecular weight is 362 g/mol. The number of halogens is 2. The van der Waals surface area contributed by atoms with E-state index in [0.29, 0.717) is 24.7 Å². The van der Waals surface area contributed by atoms with Crippen molar-refractivity contribution in [3.63, 3.8) is 0 Å². The van der Waals surface area contributed by atoms with Crippen molar-refractivity contribution in [1.29, 1.82) is 0 Å². The Labute approximate surface area is 150 Å². The van der Waals surface area contributed by atoms with Gasteiger partial charge in [0.1, 0.15) is 24.8 Å². The third-order valence-corrected chi connectivity index (χ3v) is 4.18. The Kier molecular flexibility index (Phi) is 5.25. The van der Waals surface area contributed by atoms with Crippen LogP contribution in [-0.4, -0.2) is 31.2 Å². The van der Waals surface area contributed by atoms with E-state index in [1.54, 1.807) is 7.05 Å². The minimum Gasteiger partial charge on any atom is -0.486 e. The van der Waals surface area contributed by atoms with Gasteiger partial charge in [0.15, 0.2) is 11.5 Å². The molecule has 0 bridgehead atoms. The zero-order chi connectivity index (χ0) is 18.7. The van der Waals surface area contributed by atoms with Gasteiger partial charge in [-0.1, -0.05) is 12.1 Å². The molecule has 0 spiro atoms. The molecule has 0 fully saturated rings. The predicted octanol–water partition coefficient (Wildman–Crippen LogP) is 3.64. The van der Waals surface area contributed by atoms with Gasteiger partial charge in [-0.2, -0.15) is 0 Å². The summed E-state index contributed by atoms with van der Waals surface area (Å²) in [5.74, 6) is 0.00846. The Morgan fingerprint density at radius 1 is 1.15 bits per heavy atom. The molecule has 1 aliphatic rings. The van der Waals surface area contributed by atoms with E-state index in [4.69, 9.17) is 9.47 Å². The Balaban J connectivity index is 1.63. The number of carbonyl (C=O) groups is 1. The monoisotopic (exact) mass is 362 g/mol. The van der Waals surface area contributed by atoms with E-state index >= 15 is 0 Å². The first kappa shape index (κ1) is 18.0. The summed E-state index contributed by atoms with van der Waals surface area (Å²) in [6.07, 6.45) is 0. The number of fused-ring (bicyclic) bond motifs is 1. The Bertz CT molecular complexity index is 813. The SMILES string of the molecule is CC(NC(=O)N(C)Cc1ccc(F)cc1F)c1ccc2c(c1)OCCO2. The van der Waals surface area contributed by atoms with Gasteiger partial charge in [0.25, 0.3) is 0 Å². The highest BCUT2D eigenvalue weighted by Gasteiger charge is 2.18. The van der Waals surface area contributed by atoms with Crippen LogP contribution in [0, 0.1) is 11.6 Å². The van der Waals surface area contributed by atoms with Gasteiger partial charge < -0.3 is 19.7 Å². The summed E-state index contributed by atoms with van der Waals surface area (Å²) in [5, 5.41) is 2.85.